The van der Waals surface area contributed by atoms with E-state index in [9.17, 15) is 9.59 Å². The van der Waals surface area contributed by atoms with Crippen LogP contribution in [0.1, 0.15) is 41.3 Å². The van der Waals surface area contributed by atoms with Crippen molar-refractivity contribution in [3.8, 4) is 5.75 Å². The zero-order valence-corrected chi connectivity index (χ0v) is 17.1. The minimum absolute atomic E-state index is 0.304. The molecule has 1 saturated heterocycles. The summed E-state index contributed by atoms with van der Waals surface area (Å²) in [5.41, 5.74) is 2.52. The van der Waals surface area contributed by atoms with E-state index < -0.39 is 12.1 Å². The average molecular weight is 397 g/mol. The van der Waals surface area contributed by atoms with Crippen LogP contribution >= 0.6 is 0 Å². The zero-order chi connectivity index (χ0) is 20.6. The predicted octanol–water partition coefficient (Wildman–Crippen LogP) is 1.74. The molecule has 0 unspecified atom stereocenters. The number of likely N-dealkylation sites (tertiary alicyclic amines) is 1. The molecule has 6 nitrogen and oxygen atoms in total. The molecule has 2 aromatic carbocycles. The smallest absolute Gasteiger partial charge is 0.338 e. The Labute approximate surface area is 171 Å². The number of hydrogen-bond acceptors (Lipinski definition) is 4. The van der Waals surface area contributed by atoms with Crippen LogP contribution in [0.3, 0.4) is 0 Å². The highest BCUT2D eigenvalue weighted by molar-refractivity contribution is 5.92. The number of para-hydroxylation sites is 1. The van der Waals surface area contributed by atoms with Gasteiger partial charge in [-0.3, -0.25) is 4.79 Å². The van der Waals surface area contributed by atoms with Gasteiger partial charge in [0.1, 0.15) is 12.3 Å². The molecule has 0 bridgehead atoms. The number of benzene rings is 2. The van der Waals surface area contributed by atoms with Gasteiger partial charge in [-0.1, -0.05) is 30.3 Å². The van der Waals surface area contributed by atoms with Gasteiger partial charge in [0.2, 0.25) is 0 Å². The second-order valence-corrected chi connectivity index (χ2v) is 7.41. The average Bonchev–Trinajstić information content (AvgIpc) is 3.25. The molecule has 154 valence electrons. The first-order valence-electron chi connectivity index (χ1n) is 10.1. The number of hydrogen-bond donors (Lipinski definition) is 2. The summed E-state index contributed by atoms with van der Waals surface area (Å²) in [6.45, 7) is 5.28. The Bertz CT molecular complexity index is 829. The monoisotopic (exact) mass is 397 g/mol. The second-order valence-electron chi connectivity index (χ2n) is 7.41. The van der Waals surface area contributed by atoms with Gasteiger partial charge in [0, 0.05) is 30.5 Å². The van der Waals surface area contributed by atoms with E-state index in [0.29, 0.717) is 17.9 Å². The second kappa shape index (κ2) is 10.1. The van der Waals surface area contributed by atoms with E-state index in [1.54, 1.807) is 31.1 Å². The van der Waals surface area contributed by atoms with Crippen molar-refractivity contribution >= 4 is 11.9 Å². The van der Waals surface area contributed by atoms with Crippen LogP contribution in [0.5, 0.6) is 5.75 Å². The molecule has 2 aromatic rings. The topological polar surface area (TPSA) is 69.1 Å². The first kappa shape index (κ1) is 20.9. The number of rotatable bonds is 8. The highest BCUT2D eigenvalue weighted by Crippen LogP contribution is 2.16. The largest absolute Gasteiger partial charge is 0.496 e. The lowest BCUT2D eigenvalue weighted by atomic mass is 10.1. The molecule has 1 aliphatic rings. The summed E-state index contributed by atoms with van der Waals surface area (Å²) in [4.78, 5) is 26.2. The number of quaternary nitrogens is 1. The zero-order valence-electron chi connectivity index (χ0n) is 17.1. The summed E-state index contributed by atoms with van der Waals surface area (Å²) >= 11 is 0. The molecule has 1 fully saturated rings. The third kappa shape index (κ3) is 5.81. The molecule has 1 aliphatic heterocycles. The van der Waals surface area contributed by atoms with Crippen LogP contribution in [-0.2, 0) is 22.6 Å². The quantitative estimate of drug-likeness (QED) is 0.666. The van der Waals surface area contributed by atoms with Crippen molar-refractivity contribution in [1.82, 2.24) is 5.32 Å². The van der Waals surface area contributed by atoms with E-state index >= 15 is 0 Å². The number of methoxy groups -OCH3 is 1. The Morgan fingerprint density at radius 2 is 1.76 bits per heavy atom. The maximum absolute atomic E-state index is 12.4. The van der Waals surface area contributed by atoms with E-state index in [4.69, 9.17) is 9.47 Å². The van der Waals surface area contributed by atoms with Crippen LogP contribution in [0.4, 0.5) is 0 Å². The summed E-state index contributed by atoms with van der Waals surface area (Å²) in [6.07, 6.45) is 1.69. The predicted molar refractivity (Wildman–Crippen MR) is 110 cm³/mol. The molecular formula is C23H29N2O4+. The Hall–Kier alpha value is -2.86. The standard InChI is InChI=1S/C23H28N2O4/c1-17(22(26)24-15-20-7-3-4-8-21(20)28-2)29-23(27)19-11-9-18(10-12-19)16-25-13-5-6-14-25/h3-4,7-12,17H,5-6,13-16H2,1-2H3,(H,24,26)/p+1/t17-/m1/s1. The van der Waals surface area contributed by atoms with Crippen molar-refractivity contribution in [2.45, 2.75) is 39.0 Å². The Kier molecular flexibility index (Phi) is 7.25. The highest BCUT2D eigenvalue weighted by Gasteiger charge is 2.20. The summed E-state index contributed by atoms with van der Waals surface area (Å²) < 4.78 is 10.6. The van der Waals surface area contributed by atoms with Crippen molar-refractivity contribution < 1.29 is 24.0 Å². The molecule has 0 aromatic heterocycles. The van der Waals surface area contributed by atoms with Crippen molar-refractivity contribution in [3.05, 3.63) is 65.2 Å². The molecule has 29 heavy (non-hydrogen) atoms. The molecule has 6 heteroatoms. The number of esters is 1. The molecular weight excluding hydrogens is 368 g/mol. The minimum Gasteiger partial charge on any atom is -0.496 e. The van der Waals surface area contributed by atoms with Crippen LogP contribution < -0.4 is 15.0 Å². The van der Waals surface area contributed by atoms with Gasteiger partial charge in [-0.05, 0) is 25.1 Å². The molecule has 0 radical (unpaired) electrons. The molecule has 0 spiro atoms. The van der Waals surface area contributed by atoms with Gasteiger partial charge in [-0.2, -0.15) is 0 Å². The Morgan fingerprint density at radius 3 is 2.45 bits per heavy atom. The van der Waals surface area contributed by atoms with Crippen molar-refractivity contribution in [2.75, 3.05) is 20.2 Å². The van der Waals surface area contributed by atoms with Gasteiger partial charge in [0.05, 0.1) is 25.8 Å². The summed E-state index contributed by atoms with van der Waals surface area (Å²) in [6, 6.07) is 14.9. The van der Waals surface area contributed by atoms with Crippen molar-refractivity contribution in [1.29, 1.82) is 0 Å². The fourth-order valence-electron chi connectivity index (χ4n) is 3.56. The molecule has 1 amide bonds. The fraction of sp³-hybridized carbons (Fsp3) is 0.391. The van der Waals surface area contributed by atoms with Crippen LogP contribution in [0, 0.1) is 0 Å². The molecule has 1 heterocycles. The van der Waals surface area contributed by atoms with Gasteiger partial charge in [-0.25, -0.2) is 4.79 Å². The first-order valence-corrected chi connectivity index (χ1v) is 10.1. The molecule has 0 saturated carbocycles. The maximum atomic E-state index is 12.4. The number of carbonyl (C=O) groups excluding carboxylic acids is 2. The normalized spacial score (nSPS) is 15.0. The van der Waals surface area contributed by atoms with Gasteiger partial charge < -0.3 is 19.7 Å². The lowest BCUT2D eigenvalue weighted by molar-refractivity contribution is -0.901. The highest BCUT2D eigenvalue weighted by atomic mass is 16.5. The van der Waals surface area contributed by atoms with Gasteiger partial charge in [-0.15, -0.1) is 0 Å². The lowest BCUT2D eigenvalue weighted by Gasteiger charge is -2.15. The van der Waals surface area contributed by atoms with Crippen LogP contribution in [0.2, 0.25) is 0 Å². The van der Waals surface area contributed by atoms with E-state index in [-0.39, 0.29) is 5.91 Å². The third-order valence-electron chi connectivity index (χ3n) is 5.25. The third-order valence-corrected chi connectivity index (χ3v) is 5.25. The summed E-state index contributed by atoms with van der Waals surface area (Å²) in [7, 11) is 1.59. The van der Waals surface area contributed by atoms with Crippen LogP contribution in [0.25, 0.3) is 0 Å². The number of carbonyl (C=O) groups is 2. The van der Waals surface area contributed by atoms with Crippen molar-refractivity contribution in [2.24, 2.45) is 0 Å². The van der Waals surface area contributed by atoms with E-state index in [1.165, 1.54) is 31.5 Å². The summed E-state index contributed by atoms with van der Waals surface area (Å²) in [5, 5.41) is 2.78. The van der Waals surface area contributed by atoms with Crippen LogP contribution in [0.15, 0.2) is 48.5 Å². The molecule has 2 N–H and O–H groups in total. The van der Waals surface area contributed by atoms with E-state index in [1.807, 2.05) is 36.4 Å². The number of nitrogens with one attached hydrogen (secondary N) is 2. The maximum Gasteiger partial charge on any atom is 0.338 e. The van der Waals surface area contributed by atoms with Gasteiger partial charge in [0.25, 0.3) is 5.91 Å². The SMILES string of the molecule is COc1ccccc1CNC(=O)[C@@H](C)OC(=O)c1ccc(C[NH+]2CCCC2)cc1. The summed E-state index contributed by atoms with van der Waals surface area (Å²) in [5.74, 6) is -0.142. The minimum atomic E-state index is -0.883. The van der Waals surface area contributed by atoms with Gasteiger partial charge >= 0.3 is 5.97 Å². The number of ether oxygens (including phenoxy) is 2. The lowest BCUT2D eigenvalue weighted by Crippen LogP contribution is -3.08. The first-order chi connectivity index (χ1) is 14.1. The Balaban J connectivity index is 1.49. The Morgan fingerprint density at radius 1 is 1.07 bits per heavy atom. The van der Waals surface area contributed by atoms with Gasteiger partial charge in [0.15, 0.2) is 6.10 Å². The molecule has 3 rings (SSSR count). The van der Waals surface area contributed by atoms with E-state index in [2.05, 4.69) is 5.32 Å². The van der Waals surface area contributed by atoms with Crippen molar-refractivity contribution in [3.63, 3.8) is 0 Å². The number of amides is 1. The fourth-order valence-corrected chi connectivity index (χ4v) is 3.56. The van der Waals surface area contributed by atoms with Crippen LogP contribution in [-0.4, -0.2) is 38.2 Å². The van der Waals surface area contributed by atoms with E-state index in [0.717, 1.165) is 12.1 Å². The molecule has 1 atom stereocenters. The molecule has 0 aliphatic carbocycles.